The topological polar surface area (TPSA) is 59.7 Å². The summed E-state index contributed by atoms with van der Waals surface area (Å²) in [6.45, 7) is 8.58. The van der Waals surface area contributed by atoms with E-state index in [-0.39, 0.29) is 5.78 Å². The Labute approximate surface area is 205 Å². The lowest BCUT2D eigenvalue weighted by Crippen LogP contribution is -2.35. The third-order valence-corrected chi connectivity index (χ3v) is 6.47. The van der Waals surface area contributed by atoms with Gasteiger partial charge in [-0.05, 0) is 48.1 Å². The van der Waals surface area contributed by atoms with E-state index < -0.39 is 0 Å². The van der Waals surface area contributed by atoms with Crippen molar-refractivity contribution in [3.63, 3.8) is 0 Å². The van der Waals surface area contributed by atoms with Crippen LogP contribution in [0.1, 0.15) is 43.9 Å². The first-order valence-corrected chi connectivity index (χ1v) is 11.9. The van der Waals surface area contributed by atoms with Crippen LogP contribution in [0.2, 0.25) is 0 Å². The van der Waals surface area contributed by atoms with Gasteiger partial charge in [0, 0.05) is 49.6 Å². The number of aromatic nitrogens is 3. The fourth-order valence-corrected chi connectivity index (χ4v) is 4.33. The Bertz CT molecular complexity index is 1440. The molecular weight excluding hydrogens is 436 g/mol. The molecule has 3 heterocycles. The van der Waals surface area contributed by atoms with Crippen LogP contribution in [0.5, 0.6) is 0 Å². The SMILES string of the molecule is Cc1ccc(C(=O)Cc2ccc(CN3CCOCC3)c(C)c2)cc1C#Cc1cnc2cnccn12. The highest BCUT2D eigenvalue weighted by molar-refractivity contribution is 5.98. The third-order valence-electron chi connectivity index (χ3n) is 6.47. The molecule has 2 aromatic carbocycles. The molecule has 1 saturated heterocycles. The number of ether oxygens (including phenoxy) is 1. The standard InChI is InChI=1S/C29H28N4O2/c1-21-3-5-25(17-24(21)7-8-27-18-31-29-19-30-9-10-33(27)29)28(34)16-23-4-6-26(22(2)15-23)20-32-11-13-35-14-12-32/h3-6,9-10,15,17-19H,11-14,16,20H2,1-2H3. The third kappa shape index (κ3) is 5.32. The number of fused-ring (bicyclic) bond motifs is 1. The number of nitrogens with zero attached hydrogens (tertiary/aromatic N) is 4. The van der Waals surface area contributed by atoms with E-state index >= 15 is 0 Å². The second-order valence-corrected chi connectivity index (χ2v) is 8.98. The predicted octanol–water partition coefficient (Wildman–Crippen LogP) is 4.00. The molecule has 0 saturated carbocycles. The van der Waals surface area contributed by atoms with Crippen molar-refractivity contribution in [3.05, 3.63) is 100 Å². The minimum Gasteiger partial charge on any atom is -0.379 e. The van der Waals surface area contributed by atoms with Gasteiger partial charge in [0.2, 0.25) is 0 Å². The van der Waals surface area contributed by atoms with Crippen molar-refractivity contribution in [2.75, 3.05) is 26.3 Å². The molecule has 4 aromatic rings. The van der Waals surface area contributed by atoms with Crippen LogP contribution in [0.3, 0.4) is 0 Å². The van der Waals surface area contributed by atoms with Crippen LogP contribution in [0, 0.1) is 25.7 Å². The Morgan fingerprint density at radius 2 is 1.89 bits per heavy atom. The van der Waals surface area contributed by atoms with Crippen molar-refractivity contribution >= 4 is 11.4 Å². The van der Waals surface area contributed by atoms with Crippen LogP contribution < -0.4 is 0 Å². The summed E-state index contributed by atoms with van der Waals surface area (Å²) in [5.41, 5.74) is 7.65. The quantitative estimate of drug-likeness (QED) is 0.330. The summed E-state index contributed by atoms with van der Waals surface area (Å²) in [5, 5.41) is 0. The average molecular weight is 465 g/mol. The van der Waals surface area contributed by atoms with E-state index in [1.165, 1.54) is 11.1 Å². The van der Waals surface area contributed by atoms with Crippen molar-refractivity contribution in [2.45, 2.75) is 26.8 Å². The number of hydrogen-bond donors (Lipinski definition) is 0. The Morgan fingerprint density at radius 1 is 1.03 bits per heavy atom. The highest BCUT2D eigenvalue weighted by atomic mass is 16.5. The molecule has 1 aliphatic heterocycles. The number of ketones is 1. The number of Topliss-reactive ketones (excluding diaryl/α,β-unsaturated/α-hetero) is 1. The minimum absolute atomic E-state index is 0.0919. The largest absolute Gasteiger partial charge is 0.379 e. The molecule has 0 unspecified atom stereocenters. The maximum atomic E-state index is 13.1. The number of carbonyl (C=O) groups excluding carboxylic acids is 1. The smallest absolute Gasteiger partial charge is 0.167 e. The summed E-state index contributed by atoms with van der Waals surface area (Å²) < 4.78 is 7.34. The van der Waals surface area contributed by atoms with Gasteiger partial charge >= 0.3 is 0 Å². The molecule has 2 aromatic heterocycles. The summed E-state index contributed by atoms with van der Waals surface area (Å²) in [7, 11) is 0. The molecular formula is C29H28N4O2. The lowest BCUT2D eigenvalue weighted by atomic mass is 9.96. The van der Waals surface area contributed by atoms with Crippen molar-refractivity contribution < 1.29 is 9.53 Å². The normalized spacial score (nSPS) is 14.0. The van der Waals surface area contributed by atoms with E-state index in [9.17, 15) is 4.79 Å². The number of rotatable bonds is 5. The monoisotopic (exact) mass is 464 g/mol. The summed E-state index contributed by atoms with van der Waals surface area (Å²) >= 11 is 0. The fourth-order valence-electron chi connectivity index (χ4n) is 4.33. The van der Waals surface area contributed by atoms with Crippen molar-refractivity contribution in [3.8, 4) is 11.8 Å². The Hall–Kier alpha value is -3.79. The van der Waals surface area contributed by atoms with E-state index in [0.29, 0.717) is 12.0 Å². The zero-order valence-corrected chi connectivity index (χ0v) is 20.1. The van der Waals surface area contributed by atoms with Gasteiger partial charge in [0.15, 0.2) is 11.4 Å². The zero-order chi connectivity index (χ0) is 24.2. The van der Waals surface area contributed by atoms with Gasteiger partial charge < -0.3 is 4.74 Å². The van der Waals surface area contributed by atoms with Crippen LogP contribution in [-0.2, 0) is 17.7 Å². The maximum absolute atomic E-state index is 13.1. The van der Waals surface area contributed by atoms with Gasteiger partial charge in [-0.1, -0.05) is 36.3 Å². The van der Waals surface area contributed by atoms with E-state index in [1.807, 2.05) is 35.7 Å². The van der Waals surface area contributed by atoms with Gasteiger partial charge in [-0.25, -0.2) is 4.98 Å². The van der Waals surface area contributed by atoms with E-state index in [2.05, 4.69) is 51.8 Å². The highest BCUT2D eigenvalue weighted by Gasteiger charge is 2.14. The summed E-state index contributed by atoms with van der Waals surface area (Å²) in [5.74, 6) is 6.50. The summed E-state index contributed by atoms with van der Waals surface area (Å²) in [6.07, 6.45) is 7.36. The lowest BCUT2D eigenvalue weighted by molar-refractivity contribution is 0.0341. The molecule has 0 amide bonds. The van der Waals surface area contributed by atoms with E-state index in [0.717, 1.165) is 60.9 Å². The first-order chi connectivity index (χ1) is 17.1. The molecule has 0 aliphatic carbocycles. The van der Waals surface area contributed by atoms with Gasteiger partial charge in [-0.15, -0.1) is 0 Å². The van der Waals surface area contributed by atoms with Gasteiger partial charge in [-0.2, -0.15) is 0 Å². The molecule has 35 heavy (non-hydrogen) atoms. The van der Waals surface area contributed by atoms with Crippen molar-refractivity contribution in [2.24, 2.45) is 0 Å². The molecule has 6 nitrogen and oxygen atoms in total. The molecule has 1 fully saturated rings. The second-order valence-electron chi connectivity index (χ2n) is 8.98. The highest BCUT2D eigenvalue weighted by Crippen LogP contribution is 2.18. The Balaban J connectivity index is 1.31. The molecule has 176 valence electrons. The van der Waals surface area contributed by atoms with Crippen LogP contribution >= 0.6 is 0 Å². The number of carbonyl (C=O) groups is 1. The number of imidazole rings is 1. The maximum Gasteiger partial charge on any atom is 0.167 e. The summed E-state index contributed by atoms with van der Waals surface area (Å²) in [6, 6.07) is 12.1. The second kappa shape index (κ2) is 10.2. The lowest BCUT2D eigenvalue weighted by Gasteiger charge is -2.27. The van der Waals surface area contributed by atoms with Gasteiger partial charge in [0.05, 0.1) is 25.6 Å². The van der Waals surface area contributed by atoms with Gasteiger partial charge in [-0.3, -0.25) is 19.1 Å². The van der Waals surface area contributed by atoms with Crippen molar-refractivity contribution in [1.82, 2.24) is 19.3 Å². The first kappa shape index (κ1) is 23.0. The molecule has 6 heteroatoms. The van der Waals surface area contributed by atoms with Crippen LogP contribution in [0.25, 0.3) is 5.65 Å². The Kier molecular flexibility index (Phi) is 6.71. The minimum atomic E-state index is 0.0919. The molecule has 0 bridgehead atoms. The van der Waals surface area contributed by atoms with E-state index in [1.54, 1.807) is 18.6 Å². The number of benzene rings is 2. The molecule has 0 spiro atoms. The van der Waals surface area contributed by atoms with Gasteiger partial charge in [0.1, 0.15) is 5.69 Å². The van der Waals surface area contributed by atoms with Crippen LogP contribution in [0.15, 0.2) is 61.2 Å². The predicted molar refractivity (Wildman–Crippen MR) is 135 cm³/mol. The molecule has 0 atom stereocenters. The first-order valence-electron chi connectivity index (χ1n) is 11.9. The molecule has 0 radical (unpaired) electrons. The Morgan fingerprint density at radius 3 is 2.71 bits per heavy atom. The number of morpholine rings is 1. The van der Waals surface area contributed by atoms with Crippen LogP contribution in [-0.4, -0.2) is 51.4 Å². The average Bonchev–Trinajstić information content (AvgIpc) is 3.29. The molecule has 0 N–H and O–H groups in total. The van der Waals surface area contributed by atoms with Gasteiger partial charge in [0.25, 0.3) is 0 Å². The zero-order valence-electron chi connectivity index (χ0n) is 20.1. The summed E-state index contributed by atoms with van der Waals surface area (Å²) in [4.78, 5) is 23.9. The van der Waals surface area contributed by atoms with E-state index in [4.69, 9.17) is 4.74 Å². The molecule has 1 aliphatic rings. The van der Waals surface area contributed by atoms with Crippen molar-refractivity contribution in [1.29, 1.82) is 0 Å². The van der Waals surface area contributed by atoms with Crippen LogP contribution in [0.4, 0.5) is 0 Å². The number of hydrogen-bond acceptors (Lipinski definition) is 5. The molecule has 5 rings (SSSR count). The fraction of sp³-hybridized carbons (Fsp3) is 0.276. The number of aryl methyl sites for hydroxylation is 2.